The molecule has 0 aliphatic carbocycles. The van der Waals surface area contributed by atoms with Crippen LogP contribution in [0.3, 0.4) is 0 Å². The van der Waals surface area contributed by atoms with Crippen LogP contribution in [0, 0.1) is 16.0 Å². The van der Waals surface area contributed by atoms with Crippen LogP contribution in [-0.2, 0) is 9.53 Å². The minimum absolute atomic E-state index is 0.0398. The highest BCUT2D eigenvalue weighted by Gasteiger charge is 2.61. The number of ether oxygens (including phenoxy) is 2. The van der Waals surface area contributed by atoms with E-state index in [9.17, 15) is 35.3 Å². The number of non-ortho nitro benzene ring substituents is 1. The maximum absolute atomic E-state index is 12.1. The molecule has 1 aliphatic heterocycles. The quantitative estimate of drug-likeness (QED) is 0.261. The summed E-state index contributed by atoms with van der Waals surface area (Å²) in [6, 6.07) is 4.82. The zero-order chi connectivity index (χ0) is 21.8. The minimum Gasteiger partial charge on any atom is -0.462 e. The predicted octanol–water partition coefficient (Wildman–Crippen LogP) is -0.565. The van der Waals surface area contributed by atoms with E-state index >= 15 is 0 Å². The number of amides is 1. The van der Waals surface area contributed by atoms with Crippen molar-refractivity contribution in [3.63, 3.8) is 0 Å². The van der Waals surface area contributed by atoms with Crippen LogP contribution in [0.25, 0.3) is 0 Å². The highest BCUT2D eigenvalue weighted by atomic mass is 16.7. The Kier molecular flexibility index (Phi) is 7.49. The van der Waals surface area contributed by atoms with E-state index in [0.29, 0.717) is 12.8 Å². The van der Waals surface area contributed by atoms with E-state index in [1.807, 2.05) is 6.92 Å². The van der Waals surface area contributed by atoms with Crippen molar-refractivity contribution < 1.29 is 39.6 Å². The summed E-state index contributed by atoms with van der Waals surface area (Å²) in [7, 11) is 0. The second-order valence-electron chi connectivity index (χ2n) is 6.98. The van der Waals surface area contributed by atoms with Crippen LogP contribution in [-0.4, -0.2) is 68.1 Å². The first kappa shape index (κ1) is 23.0. The van der Waals surface area contributed by atoms with Gasteiger partial charge in [-0.1, -0.05) is 19.8 Å². The first-order valence-electron chi connectivity index (χ1n) is 9.22. The van der Waals surface area contributed by atoms with Crippen LogP contribution in [0.1, 0.15) is 26.2 Å². The van der Waals surface area contributed by atoms with Crippen LogP contribution >= 0.6 is 0 Å². The van der Waals surface area contributed by atoms with Gasteiger partial charge in [0.2, 0.25) is 12.2 Å². The van der Waals surface area contributed by atoms with Crippen molar-refractivity contribution in [2.45, 2.75) is 56.4 Å². The Morgan fingerprint density at radius 2 is 2.00 bits per heavy atom. The molecule has 0 radical (unpaired) electrons. The van der Waals surface area contributed by atoms with E-state index in [0.717, 1.165) is 12.1 Å². The molecule has 0 spiro atoms. The van der Waals surface area contributed by atoms with Gasteiger partial charge < -0.3 is 35.6 Å². The van der Waals surface area contributed by atoms with Crippen LogP contribution in [0.15, 0.2) is 24.3 Å². The fourth-order valence-corrected chi connectivity index (χ4v) is 3.39. The van der Waals surface area contributed by atoms with Crippen molar-refractivity contribution in [3.05, 3.63) is 34.4 Å². The molecule has 29 heavy (non-hydrogen) atoms. The van der Waals surface area contributed by atoms with Crippen molar-refractivity contribution in [1.29, 1.82) is 0 Å². The molecule has 1 aromatic rings. The largest absolute Gasteiger partial charge is 0.462 e. The van der Waals surface area contributed by atoms with Gasteiger partial charge in [0.1, 0.15) is 24.1 Å². The standard InChI is InChI=1S/C18H26N2O9/c1-2-3-4-12(16(19)24)18(25)15(23)14(22)13(9-21)29-17(18)28-11-7-5-10(6-8-11)20(26)27/h5-8,12-15,17,21-23,25H,2-4,9H2,1H3,(H2,19,24)/t12?,13-,14+,15+,17+,18-/m1/s1. The monoisotopic (exact) mass is 414 g/mol. The van der Waals surface area contributed by atoms with Gasteiger partial charge in [0, 0.05) is 12.1 Å². The second-order valence-corrected chi connectivity index (χ2v) is 6.98. The molecule has 11 nitrogen and oxygen atoms in total. The van der Waals surface area contributed by atoms with E-state index in [1.54, 1.807) is 0 Å². The van der Waals surface area contributed by atoms with Gasteiger partial charge in [0.15, 0.2) is 5.60 Å². The Bertz CT molecular complexity index is 714. The van der Waals surface area contributed by atoms with E-state index in [2.05, 4.69) is 0 Å². The van der Waals surface area contributed by atoms with E-state index in [1.165, 1.54) is 12.1 Å². The molecule has 1 aliphatic rings. The molecule has 6 N–H and O–H groups in total. The van der Waals surface area contributed by atoms with E-state index in [-0.39, 0.29) is 17.9 Å². The van der Waals surface area contributed by atoms with Gasteiger partial charge in [-0.2, -0.15) is 0 Å². The summed E-state index contributed by atoms with van der Waals surface area (Å²) in [5.74, 6) is -2.21. The number of nitrogens with two attached hydrogens (primary N) is 1. The smallest absolute Gasteiger partial charge is 0.269 e. The number of nitrogens with zero attached hydrogens (tertiary/aromatic N) is 1. The SMILES string of the molecule is CCCCC(C(N)=O)[C@]1(O)[C@@H](Oc2ccc([N+](=O)[O-])cc2)O[C@H](CO)[C@H](O)[C@@H]1O. The number of aliphatic hydroxyl groups is 4. The first-order valence-corrected chi connectivity index (χ1v) is 9.22. The van der Waals surface area contributed by atoms with Crippen LogP contribution < -0.4 is 10.5 Å². The topological polar surface area (TPSA) is 186 Å². The number of hydrogen-bond acceptors (Lipinski definition) is 9. The zero-order valence-corrected chi connectivity index (χ0v) is 15.9. The molecular formula is C18H26N2O9. The number of nitro groups is 1. The number of nitro benzene ring substituents is 1. The number of aliphatic hydroxyl groups excluding tert-OH is 3. The molecule has 162 valence electrons. The lowest BCUT2D eigenvalue weighted by molar-refractivity contribution is -0.384. The molecule has 11 heteroatoms. The second kappa shape index (κ2) is 9.46. The predicted molar refractivity (Wildman–Crippen MR) is 98.6 cm³/mol. The molecule has 1 aromatic carbocycles. The zero-order valence-electron chi connectivity index (χ0n) is 15.9. The number of benzene rings is 1. The highest BCUT2D eigenvalue weighted by molar-refractivity contribution is 5.78. The maximum Gasteiger partial charge on any atom is 0.269 e. The molecule has 0 aromatic heterocycles. The lowest BCUT2D eigenvalue weighted by Crippen LogP contribution is -2.72. The summed E-state index contributed by atoms with van der Waals surface area (Å²) in [4.78, 5) is 22.3. The third kappa shape index (κ3) is 4.65. The van der Waals surface area contributed by atoms with Gasteiger partial charge >= 0.3 is 0 Å². The number of primary amides is 1. The van der Waals surface area contributed by atoms with Gasteiger partial charge in [-0.25, -0.2) is 0 Å². The molecule has 0 saturated carbocycles. The van der Waals surface area contributed by atoms with Crippen LogP contribution in [0.4, 0.5) is 5.69 Å². The van der Waals surface area contributed by atoms with Crippen LogP contribution in [0.2, 0.25) is 0 Å². The average molecular weight is 414 g/mol. The maximum atomic E-state index is 12.1. The van der Waals surface area contributed by atoms with Gasteiger partial charge in [-0.15, -0.1) is 0 Å². The fraction of sp³-hybridized carbons (Fsp3) is 0.611. The number of rotatable bonds is 9. The molecule has 1 saturated heterocycles. The van der Waals surface area contributed by atoms with Crippen molar-refractivity contribution in [2.24, 2.45) is 11.7 Å². The Labute approximate surface area is 166 Å². The fourth-order valence-electron chi connectivity index (χ4n) is 3.39. The van der Waals surface area contributed by atoms with Crippen molar-refractivity contribution in [2.75, 3.05) is 6.61 Å². The first-order chi connectivity index (χ1) is 13.7. The summed E-state index contributed by atoms with van der Waals surface area (Å²) in [6.45, 7) is 1.17. The number of carbonyl (C=O) groups is 1. The Morgan fingerprint density at radius 3 is 2.48 bits per heavy atom. The molecule has 1 unspecified atom stereocenters. The minimum atomic E-state index is -2.42. The molecule has 1 fully saturated rings. The van der Waals surface area contributed by atoms with E-state index < -0.39 is 53.6 Å². The molecule has 6 atom stereocenters. The summed E-state index contributed by atoms with van der Waals surface area (Å²) in [5.41, 5.74) is 2.83. The van der Waals surface area contributed by atoms with Gasteiger partial charge in [-0.05, 0) is 18.6 Å². The average Bonchev–Trinajstić information content (AvgIpc) is 2.69. The third-order valence-corrected chi connectivity index (χ3v) is 5.07. The Balaban J connectivity index is 2.41. The summed E-state index contributed by atoms with van der Waals surface area (Å²) < 4.78 is 11.0. The number of unbranched alkanes of at least 4 members (excludes halogenated alkanes) is 1. The van der Waals surface area contributed by atoms with Crippen LogP contribution in [0.5, 0.6) is 5.75 Å². The number of hydrogen-bond donors (Lipinski definition) is 5. The lowest BCUT2D eigenvalue weighted by atomic mass is 9.74. The summed E-state index contributed by atoms with van der Waals surface area (Å²) in [5, 5.41) is 52.4. The van der Waals surface area contributed by atoms with Crippen molar-refractivity contribution >= 4 is 11.6 Å². The van der Waals surface area contributed by atoms with Crippen molar-refractivity contribution in [3.8, 4) is 5.75 Å². The highest BCUT2D eigenvalue weighted by Crippen LogP contribution is 2.39. The van der Waals surface area contributed by atoms with Crippen molar-refractivity contribution in [1.82, 2.24) is 0 Å². The number of carbonyl (C=O) groups excluding carboxylic acids is 1. The van der Waals surface area contributed by atoms with Gasteiger partial charge in [-0.3, -0.25) is 14.9 Å². The van der Waals surface area contributed by atoms with Gasteiger partial charge in [0.25, 0.3) is 5.69 Å². The molecule has 2 rings (SSSR count). The molecule has 1 amide bonds. The Morgan fingerprint density at radius 1 is 1.38 bits per heavy atom. The molecule has 0 bridgehead atoms. The third-order valence-electron chi connectivity index (χ3n) is 5.07. The normalized spacial score (nSPS) is 30.5. The summed E-state index contributed by atoms with van der Waals surface area (Å²) >= 11 is 0. The molecular weight excluding hydrogens is 388 g/mol. The lowest BCUT2D eigenvalue weighted by Gasteiger charge is -2.50. The summed E-state index contributed by atoms with van der Waals surface area (Å²) in [6.07, 6.45) is -5.34. The molecule has 1 heterocycles. The van der Waals surface area contributed by atoms with E-state index in [4.69, 9.17) is 15.2 Å². The Hall–Kier alpha value is -2.31. The van der Waals surface area contributed by atoms with Gasteiger partial charge in [0.05, 0.1) is 17.4 Å².